The molecule has 0 aromatic heterocycles. The molecule has 2 aliphatic rings. The molecule has 2 rings (SSSR count). The van der Waals surface area contributed by atoms with Crippen LogP contribution in [0, 0.1) is 11.8 Å². The summed E-state index contributed by atoms with van der Waals surface area (Å²) < 4.78 is 0. The van der Waals surface area contributed by atoms with Crippen molar-refractivity contribution in [3.63, 3.8) is 0 Å². The van der Waals surface area contributed by atoms with E-state index in [1.807, 2.05) is 6.92 Å². The zero-order valence-corrected chi connectivity index (χ0v) is 11.7. The van der Waals surface area contributed by atoms with Gasteiger partial charge in [-0.15, -0.1) is 6.58 Å². The SMILES string of the molecule is C=CCNC(=O)C(C)N1CC2CNCC2C1(C)C. The fraction of sp³-hybridized carbons (Fsp3) is 0.786. The molecule has 0 aliphatic carbocycles. The summed E-state index contributed by atoms with van der Waals surface area (Å²) >= 11 is 0. The summed E-state index contributed by atoms with van der Waals surface area (Å²) in [4.78, 5) is 14.4. The largest absolute Gasteiger partial charge is 0.351 e. The molecule has 2 aliphatic heterocycles. The second kappa shape index (κ2) is 5.02. The topological polar surface area (TPSA) is 44.4 Å². The number of nitrogens with one attached hydrogen (secondary N) is 2. The molecule has 18 heavy (non-hydrogen) atoms. The lowest BCUT2D eigenvalue weighted by Gasteiger charge is -2.39. The van der Waals surface area contributed by atoms with Crippen LogP contribution in [0.5, 0.6) is 0 Å². The van der Waals surface area contributed by atoms with E-state index in [0.29, 0.717) is 18.4 Å². The van der Waals surface area contributed by atoms with Crippen molar-refractivity contribution in [3.8, 4) is 0 Å². The molecule has 102 valence electrons. The summed E-state index contributed by atoms with van der Waals surface area (Å²) in [5.41, 5.74) is 0.0963. The second-order valence-electron chi connectivity index (χ2n) is 6.04. The predicted molar refractivity (Wildman–Crippen MR) is 73.3 cm³/mol. The van der Waals surface area contributed by atoms with Gasteiger partial charge in [-0.3, -0.25) is 9.69 Å². The van der Waals surface area contributed by atoms with Crippen molar-refractivity contribution >= 4 is 5.91 Å². The summed E-state index contributed by atoms with van der Waals surface area (Å²) in [6.45, 7) is 13.9. The van der Waals surface area contributed by atoms with Gasteiger partial charge in [0.25, 0.3) is 0 Å². The number of hydrogen-bond acceptors (Lipinski definition) is 3. The average molecular weight is 251 g/mol. The van der Waals surface area contributed by atoms with E-state index in [-0.39, 0.29) is 17.5 Å². The van der Waals surface area contributed by atoms with E-state index in [1.165, 1.54) is 0 Å². The zero-order chi connectivity index (χ0) is 13.3. The third-order valence-corrected chi connectivity index (χ3v) is 4.69. The van der Waals surface area contributed by atoms with Crippen LogP contribution in [0.25, 0.3) is 0 Å². The summed E-state index contributed by atoms with van der Waals surface area (Å²) in [7, 11) is 0. The van der Waals surface area contributed by atoms with Gasteiger partial charge in [-0.1, -0.05) is 6.08 Å². The molecular formula is C14H25N3O. The minimum Gasteiger partial charge on any atom is -0.351 e. The van der Waals surface area contributed by atoms with Crippen molar-refractivity contribution in [2.45, 2.75) is 32.4 Å². The average Bonchev–Trinajstić information content (AvgIpc) is 2.88. The van der Waals surface area contributed by atoms with Crippen molar-refractivity contribution < 1.29 is 4.79 Å². The zero-order valence-electron chi connectivity index (χ0n) is 11.7. The van der Waals surface area contributed by atoms with Crippen LogP contribution in [0.15, 0.2) is 12.7 Å². The third-order valence-electron chi connectivity index (χ3n) is 4.69. The molecule has 0 spiro atoms. The van der Waals surface area contributed by atoms with Gasteiger partial charge in [0.05, 0.1) is 6.04 Å². The number of fused-ring (bicyclic) bond motifs is 1. The van der Waals surface area contributed by atoms with Gasteiger partial charge in [-0.2, -0.15) is 0 Å². The van der Waals surface area contributed by atoms with Crippen molar-refractivity contribution in [3.05, 3.63) is 12.7 Å². The molecule has 0 aromatic rings. The molecule has 4 heteroatoms. The highest BCUT2D eigenvalue weighted by atomic mass is 16.2. The number of carbonyl (C=O) groups excluding carboxylic acids is 1. The minimum atomic E-state index is -0.0643. The molecular weight excluding hydrogens is 226 g/mol. The number of rotatable bonds is 4. The number of likely N-dealkylation sites (tertiary alicyclic amines) is 1. The van der Waals surface area contributed by atoms with E-state index in [2.05, 4.69) is 36.0 Å². The van der Waals surface area contributed by atoms with E-state index < -0.39 is 0 Å². The Morgan fingerprint density at radius 3 is 2.94 bits per heavy atom. The van der Waals surface area contributed by atoms with E-state index in [0.717, 1.165) is 19.6 Å². The maximum Gasteiger partial charge on any atom is 0.237 e. The summed E-state index contributed by atoms with van der Waals surface area (Å²) in [5.74, 6) is 1.46. The molecule has 2 N–H and O–H groups in total. The first-order valence-corrected chi connectivity index (χ1v) is 6.84. The standard InChI is InChI=1S/C14H25N3O/c1-5-6-16-13(18)10(2)17-9-11-7-15-8-12(11)14(17,3)4/h5,10-12,15H,1,6-9H2,2-4H3,(H,16,18). The van der Waals surface area contributed by atoms with Crippen LogP contribution in [-0.4, -0.2) is 48.6 Å². The molecule has 0 bridgehead atoms. The summed E-state index contributed by atoms with van der Waals surface area (Å²) in [5, 5.41) is 6.36. The fourth-order valence-electron chi connectivity index (χ4n) is 3.57. The van der Waals surface area contributed by atoms with Gasteiger partial charge in [0.15, 0.2) is 0 Å². The van der Waals surface area contributed by atoms with Gasteiger partial charge < -0.3 is 10.6 Å². The third kappa shape index (κ3) is 2.19. The van der Waals surface area contributed by atoms with Crippen LogP contribution >= 0.6 is 0 Å². The molecule has 1 amide bonds. The normalized spacial score (nSPS) is 31.9. The van der Waals surface area contributed by atoms with E-state index >= 15 is 0 Å². The fourth-order valence-corrected chi connectivity index (χ4v) is 3.57. The van der Waals surface area contributed by atoms with Gasteiger partial charge >= 0.3 is 0 Å². The maximum absolute atomic E-state index is 12.1. The lowest BCUT2D eigenvalue weighted by Crippen LogP contribution is -2.53. The van der Waals surface area contributed by atoms with Crippen LogP contribution in [0.2, 0.25) is 0 Å². The molecule has 3 unspecified atom stereocenters. The summed E-state index contributed by atoms with van der Waals surface area (Å²) in [6, 6.07) is -0.0643. The van der Waals surface area contributed by atoms with Crippen molar-refractivity contribution in [1.82, 2.24) is 15.5 Å². The van der Waals surface area contributed by atoms with E-state index in [4.69, 9.17) is 0 Å². The minimum absolute atomic E-state index is 0.0643. The monoisotopic (exact) mass is 251 g/mol. The Hall–Kier alpha value is -0.870. The molecule has 2 saturated heterocycles. The maximum atomic E-state index is 12.1. The Morgan fingerprint density at radius 1 is 1.61 bits per heavy atom. The highest BCUT2D eigenvalue weighted by Crippen LogP contribution is 2.41. The number of carbonyl (C=O) groups is 1. The Balaban J connectivity index is 2.04. The van der Waals surface area contributed by atoms with Crippen LogP contribution in [0.4, 0.5) is 0 Å². The first-order valence-electron chi connectivity index (χ1n) is 6.84. The van der Waals surface area contributed by atoms with E-state index in [9.17, 15) is 4.79 Å². The van der Waals surface area contributed by atoms with Crippen LogP contribution in [0.1, 0.15) is 20.8 Å². The van der Waals surface area contributed by atoms with E-state index in [1.54, 1.807) is 6.08 Å². The van der Waals surface area contributed by atoms with Gasteiger partial charge in [0.1, 0.15) is 0 Å². The van der Waals surface area contributed by atoms with Gasteiger partial charge in [-0.05, 0) is 39.2 Å². The second-order valence-corrected chi connectivity index (χ2v) is 6.04. The van der Waals surface area contributed by atoms with Gasteiger partial charge in [0.2, 0.25) is 5.91 Å². The Labute approximate surface area is 110 Å². The number of nitrogens with zero attached hydrogens (tertiary/aromatic N) is 1. The Morgan fingerprint density at radius 2 is 2.33 bits per heavy atom. The molecule has 4 nitrogen and oxygen atoms in total. The first kappa shape index (κ1) is 13.6. The van der Waals surface area contributed by atoms with Crippen LogP contribution in [0.3, 0.4) is 0 Å². The van der Waals surface area contributed by atoms with Crippen molar-refractivity contribution in [2.24, 2.45) is 11.8 Å². The molecule has 2 heterocycles. The predicted octanol–water partition coefficient (Wildman–Crippen LogP) is 0.607. The number of hydrogen-bond donors (Lipinski definition) is 2. The van der Waals surface area contributed by atoms with Crippen molar-refractivity contribution in [1.29, 1.82) is 0 Å². The smallest absolute Gasteiger partial charge is 0.237 e. The number of amides is 1. The summed E-state index contributed by atoms with van der Waals surface area (Å²) in [6.07, 6.45) is 1.72. The highest BCUT2D eigenvalue weighted by Gasteiger charge is 2.51. The molecule has 0 radical (unpaired) electrons. The lowest BCUT2D eigenvalue weighted by molar-refractivity contribution is -0.127. The van der Waals surface area contributed by atoms with Gasteiger partial charge in [-0.25, -0.2) is 0 Å². The molecule has 3 atom stereocenters. The molecule has 0 saturated carbocycles. The molecule has 0 aromatic carbocycles. The lowest BCUT2D eigenvalue weighted by atomic mass is 9.84. The van der Waals surface area contributed by atoms with Crippen molar-refractivity contribution in [2.75, 3.05) is 26.2 Å². The quantitative estimate of drug-likeness (QED) is 0.720. The highest BCUT2D eigenvalue weighted by molar-refractivity contribution is 5.81. The van der Waals surface area contributed by atoms with Gasteiger partial charge in [0, 0.05) is 25.2 Å². The molecule has 2 fully saturated rings. The Bertz CT molecular complexity index is 340. The Kier molecular flexibility index (Phi) is 3.78. The van der Waals surface area contributed by atoms with Crippen LogP contribution < -0.4 is 10.6 Å². The van der Waals surface area contributed by atoms with Crippen LogP contribution in [-0.2, 0) is 4.79 Å². The first-order chi connectivity index (χ1) is 8.48.